The Morgan fingerprint density at radius 1 is 1.08 bits per heavy atom. The zero-order valence-electron chi connectivity index (χ0n) is 14.7. The topological polar surface area (TPSA) is 75.3 Å². The lowest BCUT2D eigenvalue weighted by Gasteiger charge is -2.11. The third-order valence-corrected chi connectivity index (χ3v) is 5.36. The van der Waals surface area contributed by atoms with Crippen LogP contribution in [0.15, 0.2) is 53.4 Å². The predicted molar refractivity (Wildman–Crippen MR) is 98.6 cm³/mol. The molecule has 2 aromatic rings. The summed E-state index contributed by atoms with van der Waals surface area (Å²) in [5.74, 6) is -0.0946. The number of amides is 1. The molecular formula is C19H24N2O3S. The Morgan fingerprint density at radius 3 is 2.48 bits per heavy atom. The summed E-state index contributed by atoms with van der Waals surface area (Å²) < 4.78 is 27.0. The molecule has 6 heteroatoms. The molecule has 2 N–H and O–H groups in total. The first-order valence-electron chi connectivity index (χ1n) is 8.20. The quantitative estimate of drug-likeness (QED) is 0.797. The van der Waals surface area contributed by atoms with E-state index in [1.54, 1.807) is 38.1 Å². The van der Waals surface area contributed by atoms with E-state index >= 15 is 0 Å². The summed E-state index contributed by atoms with van der Waals surface area (Å²) >= 11 is 0. The minimum atomic E-state index is -3.54. The molecule has 0 spiro atoms. The number of aryl methyl sites for hydroxylation is 1. The molecule has 0 heterocycles. The highest BCUT2D eigenvalue weighted by molar-refractivity contribution is 7.89. The first kappa shape index (κ1) is 19.1. The van der Waals surface area contributed by atoms with Gasteiger partial charge in [0.15, 0.2) is 0 Å². The van der Waals surface area contributed by atoms with E-state index in [9.17, 15) is 13.2 Å². The van der Waals surface area contributed by atoms with Gasteiger partial charge in [-0.2, -0.15) is 0 Å². The van der Waals surface area contributed by atoms with E-state index in [-0.39, 0.29) is 23.4 Å². The van der Waals surface area contributed by atoms with Crippen LogP contribution in [0.5, 0.6) is 0 Å². The van der Waals surface area contributed by atoms with Crippen LogP contribution >= 0.6 is 0 Å². The first-order chi connectivity index (χ1) is 11.8. The minimum absolute atomic E-state index is 0.0946. The van der Waals surface area contributed by atoms with Crippen molar-refractivity contribution in [1.82, 2.24) is 10.0 Å². The van der Waals surface area contributed by atoms with Crippen LogP contribution in [0, 0.1) is 6.92 Å². The van der Waals surface area contributed by atoms with Gasteiger partial charge in [-0.3, -0.25) is 4.79 Å². The molecule has 0 aromatic heterocycles. The Morgan fingerprint density at radius 2 is 1.80 bits per heavy atom. The Labute approximate surface area is 149 Å². The van der Waals surface area contributed by atoms with Crippen molar-refractivity contribution in [3.8, 4) is 0 Å². The number of carbonyl (C=O) groups is 1. The van der Waals surface area contributed by atoms with Gasteiger partial charge in [-0.05, 0) is 49.6 Å². The van der Waals surface area contributed by atoms with Crippen LogP contribution < -0.4 is 10.0 Å². The van der Waals surface area contributed by atoms with Crippen molar-refractivity contribution in [3.05, 3.63) is 65.2 Å². The lowest BCUT2D eigenvalue weighted by atomic mass is 10.1. The number of rotatable bonds is 7. The zero-order chi connectivity index (χ0) is 18.4. The molecule has 25 heavy (non-hydrogen) atoms. The van der Waals surface area contributed by atoms with Gasteiger partial charge in [0, 0.05) is 12.6 Å². The number of hydrogen-bond donors (Lipinski definition) is 2. The van der Waals surface area contributed by atoms with Gasteiger partial charge >= 0.3 is 0 Å². The molecule has 0 radical (unpaired) electrons. The molecule has 0 fully saturated rings. The lowest BCUT2D eigenvalue weighted by molar-refractivity contribution is -0.120. The zero-order valence-corrected chi connectivity index (χ0v) is 15.6. The van der Waals surface area contributed by atoms with E-state index in [0.29, 0.717) is 6.42 Å². The monoisotopic (exact) mass is 360 g/mol. The van der Waals surface area contributed by atoms with E-state index in [1.165, 1.54) is 0 Å². The molecule has 0 atom stereocenters. The van der Waals surface area contributed by atoms with Gasteiger partial charge in [0.1, 0.15) is 0 Å². The predicted octanol–water partition coefficient (Wildman–Crippen LogP) is 2.54. The molecule has 0 saturated carbocycles. The molecule has 134 valence electrons. The van der Waals surface area contributed by atoms with Crippen molar-refractivity contribution in [3.63, 3.8) is 0 Å². The number of benzene rings is 2. The molecule has 0 bridgehead atoms. The van der Waals surface area contributed by atoms with Crippen molar-refractivity contribution >= 4 is 15.9 Å². The van der Waals surface area contributed by atoms with E-state index in [2.05, 4.69) is 10.0 Å². The van der Waals surface area contributed by atoms with Crippen LogP contribution in [0.3, 0.4) is 0 Å². The Bertz CT molecular complexity index is 845. The average molecular weight is 360 g/mol. The molecule has 0 unspecified atom stereocenters. The molecule has 1 amide bonds. The van der Waals surface area contributed by atoms with E-state index in [0.717, 1.165) is 16.7 Å². The summed E-state index contributed by atoms with van der Waals surface area (Å²) in [6, 6.07) is 14.2. The molecule has 0 aliphatic rings. The van der Waals surface area contributed by atoms with E-state index in [1.807, 2.05) is 31.2 Å². The van der Waals surface area contributed by atoms with Crippen molar-refractivity contribution in [2.24, 2.45) is 0 Å². The molecule has 0 aliphatic carbocycles. The van der Waals surface area contributed by atoms with Crippen molar-refractivity contribution in [1.29, 1.82) is 0 Å². The third kappa shape index (κ3) is 5.69. The fraction of sp³-hybridized carbons (Fsp3) is 0.316. The molecule has 0 aliphatic heterocycles. The van der Waals surface area contributed by atoms with E-state index in [4.69, 9.17) is 0 Å². The first-order valence-corrected chi connectivity index (χ1v) is 9.69. The van der Waals surface area contributed by atoms with Gasteiger partial charge < -0.3 is 5.32 Å². The molecule has 2 aromatic carbocycles. The fourth-order valence-electron chi connectivity index (χ4n) is 2.45. The summed E-state index contributed by atoms with van der Waals surface area (Å²) in [5, 5.41) is 2.84. The SMILES string of the molecule is Cc1ccccc1CC(=O)NCc1cccc(S(=O)(=O)NC(C)C)c1. The molecule has 0 saturated heterocycles. The maximum Gasteiger partial charge on any atom is 0.240 e. The Balaban J connectivity index is 2.01. The second-order valence-corrected chi connectivity index (χ2v) is 8.02. The fourth-order valence-corrected chi connectivity index (χ4v) is 3.77. The van der Waals surface area contributed by atoms with Crippen LogP contribution in [0.25, 0.3) is 0 Å². The highest BCUT2D eigenvalue weighted by atomic mass is 32.2. The highest BCUT2D eigenvalue weighted by Crippen LogP contribution is 2.12. The van der Waals surface area contributed by atoms with Gasteiger partial charge in [-0.15, -0.1) is 0 Å². The standard InChI is InChI=1S/C19H24N2O3S/c1-14(2)21-25(23,24)18-10-6-8-16(11-18)13-20-19(22)12-17-9-5-4-7-15(17)3/h4-11,14,21H,12-13H2,1-3H3,(H,20,22). The van der Waals surface area contributed by atoms with Crippen LogP contribution in [-0.2, 0) is 27.8 Å². The van der Waals surface area contributed by atoms with Gasteiger partial charge in [-0.25, -0.2) is 13.1 Å². The summed E-state index contributed by atoms with van der Waals surface area (Å²) in [7, 11) is -3.54. The average Bonchev–Trinajstić information content (AvgIpc) is 2.54. The van der Waals surface area contributed by atoms with Crippen LogP contribution in [0.1, 0.15) is 30.5 Å². The Kier molecular flexibility index (Phi) is 6.33. The van der Waals surface area contributed by atoms with Gasteiger partial charge in [0.05, 0.1) is 11.3 Å². The highest BCUT2D eigenvalue weighted by Gasteiger charge is 2.15. The molecular weight excluding hydrogens is 336 g/mol. The van der Waals surface area contributed by atoms with Crippen molar-refractivity contribution in [2.75, 3.05) is 0 Å². The largest absolute Gasteiger partial charge is 0.352 e. The van der Waals surface area contributed by atoms with Crippen LogP contribution in [-0.4, -0.2) is 20.4 Å². The van der Waals surface area contributed by atoms with Gasteiger partial charge in [-0.1, -0.05) is 36.4 Å². The lowest BCUT2D eigenvalue weighted by Crippen LogP contribution is -2.30. The number of hydrogen-bond acceptors (Lipinski definition) is 3. The van der Waals surface area contributed by atoms with Crippen LogP contribution in [0.2, 0.25) is 0 Å². The summed E-state index contributed by atoms with van der Waals surface area (Å²) in [6.07, 6.45) is 0.305. The minimum Gasteiger partial charge on any atom is -0.352 e. The van der Waals surface area contributed by atoms with Gasteiger partial charge in [0.25, 0.3) is 0 Å². The smallest absolute Gasteiger partial charge is 0.240 e. The van der Waals surface area contributed by atoms with E-state index < -0.39 is 10.0 Å². The van der Waals surface area contributed by atoms with Gasteiger partial charge in [0.2, 0.25) is 15.9 Å². The second kappa shape index (κ2) is 8.27. The summed E-state index contributed by atoms with van der Waals surface area (Å²) in [4.78, 5) is 12.3. The summed E-state index contributed by atoms with van der Waals surface area (Å²) in [6.45, 7) is 5.80. The number of carbonyl (C=O) groups excluding carboxylic acids is 1. The maximum atomic E-state index is 12.2. The maximum absolute atomic E-state index is 12.2. The normalized spacial score (nSPS) is 11.5. The second-order valence-electron chi connectivity index (χ2n) is 6.30. The third-order valence-electron chi connectivity index (χ3n) is 3.70. The summed E-state index contributed by atoms with van der Waals surface area (Å²) in [5.41, 5.74) is 2.80. The number of nitrogens with one attached hydrogen (secondary N) is 2. The van der Waals surface area contributed by atoms with Crippen LogP contribution in [0.4, 0.5) is 0 Å². The van der Waals surface area contributed by atoms with Crippen molar-refractivity contribution < 1.29 is 13.2 Å². The van der Waals surface area contributed by atoms with Crippen molar-refractivity contribution in [2.45, 2.75) is 44.7 Å². The number of sulfonamides is 1. The Hall–Kier alpha value is -2.18. The molecule has 5 nitrogen and oxygen atoms in total. The molecule has 2 rings (SSSR count).